The average molecular weight is 434 g/mol. The van der Waals surface area contributed by atoms with E-state index in [4.69, 9.17) is 0 Å². The summed E-state index contributed by atoms with van der Waals surface area (Å²) in [5.41, 5.74) is 0. The summed E-state index contributed by atoms with van der Waals surface area (Å²) in [5, 5.41) is 14.0. The van der Waals surface area contributed by atoms with Crippen LogP contribution in [0.4, 0.5) is 0 Å². The Morgan fingerprint density at radius 3 is 2.52 bits per heavy atom. The van der Waals surface area contributed by atoms with Crippen molar-refractivity contribution in [1.82, 2.24) is 24.4 Å². The van der Waals surface area contributed by atoms with Gasteiger partial charge < -0.3 is 9.88 Å². The summed E-state index contributed by atoms with van der Waals surface area (Å²) >= 11 is 0. The molecule has 0 unspecified atom stereocenters. The molecular formula is C20H24ClN5O2S. The van der Waals surface area contributed by atoms with Gasteiger partial charge in [0.25, 0.3) is 0 Å². The molecule has 1 aromatic heterocycles. The van der Waals surface area contributed by atoms with Crippen molar-refractivity contribution in [3.8, 4) is 0 Å². The van der Waals surface area contributed by atoms with Crippen LogP contribution in [0, 0.1) is 0 Å². The molecule has 2 aliphatic rings. The maximum Gasteiger partial charge on any atom is 0.243 e. The summed E-state index contributed by atoms with van der Waals surface area (Å²) in [6.07, 6.45) is 1.55. The minimum absolute atomic E-state index is 0. The fraction of sp³-hybridized carbons (Fsp3) is 0.400. The maximum atomic E-state index is 13.1. The molecule has 0 bridgehead atoms. The summed E-state index contributed by atoms with van der Waals surface area (Å²) in [6.45, 7) is 3.59. The normalized spacial score (nSPS) is 18.3. The minimum atomic E-state index is -3.48. The zero-order valence-electron chi connectivity index (χ0n) is 16.0. The van der Waals surface area contributed by atoms with E-state index >= 15 is 0 Å². The topological polar surface area (TPSA) is 80.1 Å². The maximum absolute atomic E-state index is 13.1. The Bertz CT molecular complexity index is 1120. The lowest BCUT2D eigenvalue weighted by Gasteiger charge is -2.31. The first-order valence-corrected chi connectivity index (χ1v) is 11.2. The van der Waals surface area contributed by atoms with Crippen molar-refractivity contribution in [3.63, 3.8) is 0 Å². The van der Waals surface area contributed by atoms with Crippen molar-refractivity contribution >= 4 is 33.2 Å². The smallest absolute Gasteiger partial charge is 0.243 e. The van der Waals surface area contributed by atoms with Crippen LogP contribution in [0.25, 0.3) is 10.8 Å². The fourth-order valence-corrected chi connectivity index (χ4v) is 5.75. The van der Waals surface area contributed by atoms with Crippen molar-refractivity contribution in [1.29, 1.82) is 0 Å². The molecule has 9 heteroatoms. The highest BCUT2D eigenvalue weighted by Crippen LogP contribution is 2.31. The van der Waals surface area contributed by atoms with Crippen LogP contribution in [-0.2, 0) is 23.1 Å². The molecule has 5 rings (SSSR count). The van der Waals surface area contributed by atoms with Crippen LogP contribution in [0.5, 0.6) is 0 Å². The largest absolute Gasteiger partial charge is 0.312 e. The van der Waals surface area contributed by atoms with Gasteiger partial charge in [0.2, 0.25) is 10.0 Å². The molecule has 2 aliphatic heterocycles. The Kier molecular flexibility index (Phi) is 5.61. The second kappa shape index (κ2) is 8.02. The van der Waals surface area contributed by atoms with E-state index in [9.17, 15) is 8.42 Å². The molecule has 0 amide bonds. The first-order chi connectivity index (χ1) is 13.6. The highest BCUT2D eigenvalue weighted by Gasteiger charge is 2.32. The van der Waals surface area contributed by atoms with Gasteiger partial charge >= 0.3 is 0 Å². The quantitative estimate of drug-likeness (QED) is 0.686. The van der Waals surface area contributed by atoms with E-state index in [-0.39, 0.29) is 18.3 Å². The Morgan fingerprint density at radius 1 is 0.966 bits per heavy atom. The van der Waals surface area contributed by atoms with Gasteiger partial charge in [0.05, 0.1) is 11.4 Å². The molecule has 154 valence electrons. The van der Waals surface area contributed by atoms with Crippen molar-refractivity contribution < 1.29 is 8.42 Å². The molecule has 0 atom stereocenters. The van der Waals surface area contributed by atoms with Gasteiger partial charge in [0.1, 0.15) is 11.6 Å². The number of hydrogen-bond donors (Lipinski definition) is 1. The third-order valence-corrected chi connectivity index (χ3v) is 7.72. The second-order valence-corrected chi connectivity index (χ2v) is 9.43. The van der Waals surface area contributed by atoms with Gasteiger partial charge in [-0.15, -0.1) is 22.6 Å². The Balaban J connectivity index is 0.00000205. The lowest BCUT2D eigenvalue weighted by atomic mass is 9.97. The molecular weight excluding hydrogens is 410 g/mol. The highest BCUT2D eigenvalue weighted by atomic mass is 35.5. The number of aromatic nitrogens is 3. The summed E-state index contributed by atoms with van der Waals surface area (Å²) in [6, 6.07) is 13.2. The summed E-state index contributed by atoms with van der Waals surface area (Å²) in [4.78, 5) is 0.371. The highest BCUT2D eigenvalue weighted by molar-refractivity contribution is 7.89. The number of piperidine rings is 1. The lowest BCUT2D eigenvalue weighted by molar-refractivity contribution is 0.307. The van der Waals surface area contributed by atoms with Crippen LogP contribution in [-0.4, -0.2) is 47.1 Å². The molecule has 3 heterocycles. The SMILES string of the molecule is Cl.O=S(=O)(c1ccc2ccccc2c1)N1CCC(c2nnc3n2CCNC3)CC1. The number of benzene rings is 2. The first-order valence-electron chi connectivity index (χ1n) is 9.74. The molecule has 1 N–H and O–H groups in total. The van der Waals surface area contributed by atoms with Crippen molar-refractivity contribution in [3.05, 3.63) is 54.1 Å². The third kappa shape index (κ3) is 3.66. The van der Waals surface area contributed by atoms with Crippen LogP contribution in [0.2, 0.25) is 0 Å². The van der Waals surface area contributed by atoms with Crippen LogP contribution in [0.1, 0.15) is 30.4 Å². The molecule has 0 aliphatic carbocycles. The summed E-state index contributed by atoms with van der Waals surface area (Å²) < 4.78 is 30.1. The van der Waals surface area contributed by atoms with Gasteiger partial charge in [0.15, 0.2) is 0 Å². The second-order valence-electron chi connectivity index (χ2n) is 7.49. The number of nitrogens with zero attached hydrogens (tertiary/aromatic N) is 4. The number of rotatable bonds is 3. The number of hydrogen-bond acceptors (Lipinski definition) is 5. The van der Waals surface area contributed by atoms with E-state index in [0.29, 0.717) is 18.0 Å². The molecule has 0 spiro atoms. The van der Waals surface area contributed by atoms with Crippen molar-refractivity contribution in [2.24, 2.45) is 0 Å². The number of sulfonamides is 1. The summed E-state index contributed by atoms with van der Waals surface area (Å²) in [5.74, 6) is 2.26. The van der Waals surface area contributed by atoms with Crippen LogP contribution in [0.3, 0.4) is 0 Å². The fourth-order valence-electron chi connectivity index (χ4n) is 4.25. The number of fused-ring (bicyclic) bond motifs is 2. The number of nitrogens with one attached hydrogen (secondary N) is 1. The molecule has 0 saturated carbocycles. The summed E-state index contributed by atoms with van der Waals surface area (Å²) in [7, 11) is -3.48. The monoisotopic (exact) mass is 433 g/mol. The van der Waals surface area contributed by atoms with Gasteiger partial charge in [-0.1, -0.05) is 30.3 Å². The molecule has 3 aromatic rings. The van der Waals surface area contributed by atoms with E-state index in [1.54, 1.807) is 16.4 Å². The van der Waals surface area contributed by atoms with E-state index in [2.05, 4.69) is 20.1 Å². The van der Waals surface area contributed by atoms with Gasteiger partial charge in [-0.05, 0) is 35.7 Å². The third-order valence-electron chi connectivity index (χ3n) is 5.83. The molecule has 1 fully saturated rings. The van der Waals surface area contributed by atoms with E-state index in [1.165, 1.54) is 0 Å². The Hall–Kier alpha value is -2.00. The van der Waals surface area contributed by atoms with Crippen LogP contribution in [0.15, 0.2) is 47.4 Å². The molecule has 1 saturated heterocycles. The predicted octanol–water partition coefficient (Wildman–Crippen LogP) is 2.52. The number of halogens is 1. The predicted molar refractivity (Wildman–Crippen MR) is 114 cm³/mol. The van der Waals surface area contributed by atoms with Crippen molar-refractivity contribution in [2.75, 3.05) is 19.6 Å². The van der Waals surface area contributed by atoms with Gasteiger partial charge in [0, 0.05) is 32.1 Å². The van der Waals surface area contributed by atoms with E-state index in [1.807, 2.05) is 30.3 Å². The standard InChI is InChI=1S/C20H23N5O2S.ClH/c26-28(27,18-6-5-15-3-1-2-4-17(15)13-18)24-10-7-16(8-11-24)20-23-22-19-14-21-9-12-25(19)20;/h1-6,13,16,21H,7-12,14H2;1H. The van der Waals surface area contributed by atoms with Gasteiger partial charge in [-0.2, -0.15) is 4.31 Å². The Labute approximate surface area is 176 Å². The van der Waals surface area contributed by atoms with Crippen molar-refractivity contribution in [2.45, 2.75) is 36.7 Å². The Morgan fingerprint density at radius 2 is 1.72 bits per heavy atom. The zero-order valence-corrected chi connectivity index (χ0v) is 17.6. The van der Waals surface area contributed by atoms with Gasteiger partial charge in [-0.25, -0.2) is 8.42 Å². The van der Waals surface area contributed by atoms with Crippen LogP contribution < -0.4 is 5.32 Å². The van der Waals surface area contributed by atoms with Crippen LogP contribution >= 0.6 is 12.4 Å². The molecule has 7 nitrogen and oxygen atoms in total. The first kappa shape index (κ1) is 20.3. The molecule has 2 aromatic carbocycles. The minimum Gasteiger partial charge on any atom is -0.312 e. The molecule has 0 radical (unpaired) electrons. The van der Waals surface area contributed by atoms with Gasteiger partial charge in [-0.3, -0.25) is 0 Å². The molecule has 29 heavy (non-hydrogen) atoms. The zero-order chi connectivity index (χ0) is 19.1. The van der Waals surface area contributed by atoms with E-state index < -0.39 is 10.0 Å². The van der Waals surface area contributed by atoms with E-state index in [0.717, 1.165) is 54.9 Å². The average Bonchev–Trinajstić information content (AvgIpc) is 3.17. The lowest BCUT2D eigenvalue weighted by Crippen LogP contribution is -2.38.